The third-order valence-corrected chi connectivity index (χ3v) is 0. The summed E-state index contributed by atoms with van der Waals surface area (Å²) in [7, 11) is 0. The van der Waals surface area contributed by atoms with Crippen LogP contribution in [-0.2, 0) is 19.5 Å². The summed E-state index contributed by atoms with van der Waals surface area (Å²) in [5.41, 5.74) is 0. The summed E-state index contributed by atoms with van der Waals surface area (Å²) in [4.78, 5) is 0. The second kappa shape index (κ2) is 21.4. The summed E-state index contributed by atoms with van der Waals surface area (Å²) in [6, 6.07) is 0. The van der Waals surface area contributed by atoms with Crippen LogP contribution < -0.4 is 0 Å². The molecule has 0 fully saturated rings. The van der Waals surface area contributed by atoms with Gasteiger partial charge in [0.25, 0.3) is 0 Å². The van der Waals surface area contributed by atoms with Gasteiger partial charge in [-0.25, -0.2) is 0 Å². The van der Waals surface area contributed by atoms with E-state index in [1.165, 1.54) is 0 Å². The van der Waals surface area contributed by atoms with Crippen LogP contribution in [0.5, 0.6) is 0 Å². The fourth-order valence-corrected chi connectivity index (χ4v) is 0. The molecule has 17 valence electrons. The van der Waals surface area contributed by atoms with E-state index in [0.717, 1.165) is 0 Å². The average Bonchev–Trinajstić information content (AvgIpc) is 0. The number of hydrogen-bond donors (Lipinski definition) is 0. The first-order chi connectivity index (χ1) is 0. The molecule has 0 aliphatic heterocycles. The fourth-order valence-electron chi connectivity index (χ4n) is 0. The van der Waals surface area contributed by atoms with Crippen molar-refractivity contribution in [2.75, 3.05) is 0 Å². The van der Waals surface area contributed by atoms with Crippen molar-refractivity contribution in [3.63, 3.8) is 0 Å². The van der Waals surface area contributed by atoms with Gasteiger partial charge >= 0.3 is 23.1 Å². The van der Waals surface area contributed by atoms with Crippen LogP contribution in [0.1, 0.15) is 2.85 Å². The minimum atomic E-state index is 0. The monoisotopic (exact) mass is 135 g/mol. The van der Waals surface area contributed by atoms with Gasteiger partial charge in [-0.05, 0) is 0 Å². The molecule has 0 N–H and O–H groups in total. The summed E-state index contributed by atoms with van der Waals surface area (Å²) in [5, 5.41) is 0. The van der Waals surface area contributed by atoms with Crippen molar-refractivity contribution in [1.29, 1.82) is 0 Å². The van der Waals surface area contributed by atoms with Gasteiger partial charge in [0.2, 0.25) is 0 Å². The van der Waals surface area contributed by atoms with Crippen LogP contribution in [0.2, 0.25) is 0 Å². The largest absolute Gasteiger partial charge is 2.00 e. The van der Waals surface area contributed by atoms with Gasteiger partial charge < -0.3 is 2.85 Å². The molecule has 0 rings (SSSR count). The molecule has 0 heterocycles. The van der Waals surface area contributed by atoms with E-state index >= 15 is 0 Å². The van der Waals surface area contributed by atoms with Gasteiger partial charge in [-0.15, -0.1) is 0 Å². The van der Waals surface area contributed by atoms with Gasteiger partial charge in [0, 0.05) is 27.9 Å². The zero-order chi connectivity index (χ0) is 0. The van der Waals surface area contributed by atoms with Gasteiger partial charge in [0.05, 0.1) is 0 Å². The van der Waals surface area contributed by atoms with Crippen LogP contribution in [0.4, 0.5) is 0 Å². The van der Waals surface area contributed by atoms with Crippen LogP contribution in [0.25, 0.3) is 0 Å². The van der Waals surface area contributed by atoms with Gasteiger partial charge in [-0.3, -0.25) is 0 Å². The predicted octanol–water partition coefficient (Wildman–Crippen LogP) is -0.426. The quantitative estimate of drug-likeness (QED) is 0.397. The first-order valence-electron chi connectivity index (χ1n) is 0. The SMILES string of the molecule is S.[B].[H-].[H-].[Mg+2].[Zn]. The first kappa shape index (κ1) is 41.1. The van der Waals surface area contributed by atoms with E-state index in [9.17, 15) is 0 Å². The second-order valence-corrected chi connectivity index (χ2v) is 0. The van der Waals surface area contributed by atoms with E-state index in [-0.39, 0.29) is 67.3 Å². The molecule has 4 heteroatoms. The van der Waals surface area contributed by atoms with E-state index in [1.54, 1.807) is 0 Å². The van der Waals surface area contributed by atoms with E-state index < -0.39 is 0 Å². The molecule has 0 aromatic rings. The summed E-state index contributed by atoms with van der Waals surface area (Å²) < 4.78 is 0. The maximum Gasteiger partial charge on any atom is 2.00 e. The molecular formula is H4BMgSZn. The molecule has 0 saturated heterocycles. The second-order valence-electron chi connectivity index (χ2n) is 0. The van der Waals surface area contributed by atoms with Crippen molar-refractivity contribution in [2.45, 2.75) is 0 Å². The molecule has 4 heavy (non-hydrogen) atoms. The summed E-state index contributed by atoms with van der Waals surface area (Å²) in [6.07, 6.45) is 0. The smallest absolute Gasteiger partial charge is 1.00 e. The minimum Gasteiger partial charge on any atom is -1.00 e. The Balaban J connectivity index is 0. The van der Waals surface area contributed by atoms with Crippen molar-refractivity contribution in [3.8, 4) is 0 Å². The van der Waals surface area contributed by atoms with Gasteiger partial charge in [-0.1, -0.05) is 0 Å². The van der Waals surface area contributed by atoms with Crippen LogP contribution in [-0.4, -0.2) is 31.5 Å². The molecule has 0 aliphatic carbocycles. The topological polar surface area (TPSA) is 0 Å². The molecule has 0 amide bonds. The Hall–Kier alpha value is 1.80. The molecule has 0 nitrogen and oxygen atoms in total. The Morgan fingerprint density at radius 3 is 1.25 bits per heavy atom. The average molecular weight is 137 g/mol. The first-order valence-corrected chi connectivity index (χ1v) is 0. The minimum absolute atomic E-state index is 0. The molecule has 0 spiro atoms. The van der Waals surface area contributed by atoms with E-state index in [0.29, 0.717) is 0 Å². The van der Waals surface area contributed by atoms with E-state index in [1.807, 2.05) is 0 Å². The molecule has 0 bridgehead atoms. The fraction of sp³-hybridized carbons (Fsp3) is 0. The summed E-state index contributed by atoms with van der Waals surface area (Å²) in [5.74, 6) is 0. The molecule has 0 unspecified atom stereocenters. The van der Waals surface area contributed by atoms with E-state index in [4.69, 9.17) is 0 Å². The summed E-state index contributed by atoms with van der Waals surface area (Å²) in [6.45, 7) is 0. The maximum atomic E-state index is 0. The van der Waals surface area contributed by atoms with Gasteiger partial charge in [-0.2, -0.15) is 13.5 Å². The van der Waals surface area contributed by atoms with Crippen LogP contribution >= 0.6 is 13.5 Å². The Morgan fingerprint density at radius 1 is 1.25 bits per heavy atom. The summed E-state index contributed by atoms with van der Waals surface area (Å²) >= 11 is 0. The Labute approximate surface area is 67.0 Å². The van der Waals surface area contributed by atoms with Crippen molar-refractivity contribution >= 4 is 45.0 Å². The van der Waals surface area contributed by atoms with Crippen LogP contribution in [0.3, 0.4) is 0 Å². The molecule has 0 atom stereocenters. The van der Waals surface area contributed by atoms with Gasteiger partial charge in [0.1, 0.15) is 0 Å². The molecule has 0 aliphatic rings. The molecule has 0 aromatic heterocycles. The third kappa shape index (κ3) is 9.19. The zero-order valence-electron chi connectivity index (χ0n) is 4.49. The van der Waals surface area contributed by atoms with Crippen molar-refractivity contribution in [1.82, 2.24) is 0 Å². The Morgan fingerprint density at radius 2 is 1.25 bits per heavy atom. The molecular weight excluding hydrogens is 133 g/mol. The van der Waals surface area contributed by atoms with Gasteiger partial charge in [0.15, 0.2) is 0 Å². The normalized spacial score (nSPS) is 0. The van der Waals surface area contributed by atoms with Crippen molar-refractivity contribution < 1.29 is 22.3 Å². The molecule has 0 aromatic carbocycles. The Kier molecular flexibility index (Phi) is 220. The molecule has 0 saturated carbocycles. The van der Waals surface area contributed by atoms with E-state index in [2.05, 4.69) is 0 Å². The van der Waals surface area contributed by atoms with Crippen LogP contribution in [0, 0.1) is 0 Å². The predicted molar refractivity (Wildman–Crippen MR) is 24.1 cm³/mol. The number of rotatable bonds is 0. The Bertz CT molecular complexity index is 13.5. The standard InChI is InChI=1S/B.Mg.H2S.Zn.2H/h;;1H2;;;/q;+2;;;2*-1. The van der Waals surface area contributed by atoms with Crippen molar-refractivity contribution in [3.05, 3.63) is 0 Å². The van der Waals surface area contributed by atoms with Crippen molar-refractivity contribution in [2.24, 2.45) is 0 Å². The number of hydrogen-bond acceptors (Lipinski definition) is 0. The maximum absolute atomic E-state index is 0. The third-order valence-electron chi connectivity index (χ3n) is 0. The van der Waals surface area contributed by atoms with Crippen LogP contribution in [0.15, 0.2) is 0 Å². The molecule has 3 radical (unpaired) electrons. The zero-order valence-corrected chi connectivity index (χ0v) is 7.87.